The second-order valence-electron chi connectivity index (χ2n) is 6.71. The lowest BCUT2D eigenvalue weighted by atomic mass is 10.1. The van der Waals surface area contributed by atoms with E-state index < -0.39 is 0 Å². The Kier molecular flexibility index (Phi) is 6.12. The number of nitriles is 1. The highest BCUT2D eigenvalue weighted by Gasteiger charge is 2.13. The fourth-order valence-corrected chi connectivity index (χ4v) is 3.49. The molecule has 8 heteroatoms. The largest absolute Gasteiger partial charge is 0.369 e. The summed E-state index contributed by atoms with van der Waals surface area (Å²) >= 11 is 12.6. The number of rotatable bonds is 6. The highest BCUT2D eigenvalue weighted by atomic mass is 35.5. The summed E-state index contributed by atoms with van der Waals surface area (Å²) in [5.74, 6) is 1.87. The average Bonchev–Trinajstić information content (AvgIpc) is 2.78. The molecule has 1 aliphatic rings. The number of anilines is 1. The van der Waals surface area contributed by atoms with Crippen LogP contribution in [0.25, 0.3) is 22.3 Å². The third kappa shape index (κ3) is 4.38. The first kappa shape index (κ1) is 20.1. The quantitative estimate of drug-likeness (QED) is 0.527. The molecular weight excluding hydrogens is 419 g/mol. The first-order valence-corrected chi connectivity index (χ1v) is 10.2. The Balaban J connectivity index is 1.52. The summed E-state index contributed by atoms with van der Waals surface area (Å²) < 4.78 is 0. The second kappa shape index (κ2) is 9.12. The molecule has 30 heavy (non-hydrogen) atoms. The Labute approximate surface area is 184 Å². The van der Waals surface area contributed by atoms with Crippen molar-refractivity contribution in [1.29, 1.82) is 5.26 Å². The zero-order valence-corrected chi connectivity index (χ0v) is 17.5. The van der Waals surface area contributed by atoms with Crippen molar-refractivity contribution < 1.29 is 0 Å². The van der Waals surface area contributed by atoms with E-state index >= 15 is 0 Å². The smallest absolute Gasteiger partial charge is 0.163 e. The Morgan fingerprint density at radius 2 is 1.87 bits per heavy atom. The van der Waals surface area contributed by atoms with Crippen LogP contribution in [0.4, 0.5) is 5.82 Å². The topological polar surface area (TPSA) is 86.0 Å². The molecule has 4 rings (SSSR count). The Bertz CT molecular complexity index is 1180. The molecule has 0 fully saturated rings. The number of nitrogens with zero attached hydrogens (tertiary/aromatic N) is 4. The van der Waals surface area contributed by atoms with Crippen LogP contribution in [-0.2, 0) is 0 Å². The van der Waals surface area contributed by atoms with Crippen LogP contribution in [0, 0.1) is 17.2 Å². The first-order chi connectivity index (χ1) is 14.7. The van der Waals surface area contributed by atoms with E-state index in [0.29, 0.717) is 40.9 Å². The van der Waals surface area contributed by atoms with Gasteiger partial charge in [-0.2, -0.15) is 5.26 Å². The van der Waals surface area contributed by atoms with Crippen LogP contribution in [0.1, 0.15) is 6.42 Å². The third-order valence-corrected chi connectivity index (χ3v) is 5.46. The normalized spacial score (nSPS) is 15.5. The number of allylic oxidation sites excluding steroid dienone is 1. The van der Waals surface area contributed by atoms with Crippen LogP contribution < -0.4 is 10.6 Å². The van der Waals surface area contributed by atoms with Gasteiger partial charge in [0.2, 0.25) is 0 Å². The summed E-state index contributed by atoms with van der Waals surface area (Å²) in [7, 11) is 0. The molecule has 2 aromatic carbocycles. The molecule has 0 saturated carbocycles. The van der Waals surface area contributed by atoms with Gasteiger partial charge in [0, 0.05) is 30.3 Å². The molecule has 3 aromatic rings. The van der Waals surface area contributed by atoms with Crippen molar-refractivity contribution in [1.82, 2.24) is 15.3 Å². The number of para-hydroxylation sites is 1. The van der Waals surface area contributed by atoms with Crippen LogP contribution in [0.5, 0.6) is 0 Å². The van der Waals surface area contributed by atoms with Gasteiger partial charge in [-0.15, -0.1) is 0 Å². The summed E-state index contributed by atoms with van der Waals surface area (Å²) in [6, 6.07) is 15.4. The van der Waals surface area contributed by atoms with E-state index in [1.807, 2.05) is 42.5 Å². The maximum Gasteiger partial charge on any atom is 0.163 e. The molecule has 1 unspecified atom stereocenters. The van der Waals surface area contributed by atoms with Crippen molar-refractivity contribution in [2.24, 2.45) is 10.9 Å². The minimum atomic E-state index is -0.141. The Morgan fingerprint density at radius 1 is 1.03 bits per heavy atom. The summed E-state index contributed by atoms with van der Waals surface area (Å²) in [4.78, 5) is 13.6. The lowest BCUT2D eigenvalue weighted by molar-refractivity contribution is 0.769. The van der Waals surface area contributed by atoms with Gasteiger partial charge < -0.3 is 10.6 Å². The van der Waals surface area contributed by atoms with Crippen LogP contribution >= 0.6 is 23.2 Å². The Hall–Kier alpha value is -3.14. The molecule has 1 atom stereocenters. The molecule has 0 amide bonds. The fourth-order valence-electron chi connectivity index (χ4n) is 3.11. The molecule has 1 aromatic heterocycles. The number of benzene rings is 2. The fraction of sp³-hybridized carbons (Fsp3) is 0.182. The van der Waals surface area contributed by atoms with E-state index in [-0.39, 0.29) is 5.92 Å². The molecule has 6 nitrogen and oxygen atoms in total. The number of nitrogens with one attached hydrogen (secondary N) is 2. The van der Waals surface area contributed by atoms with Crippen LogP contribution in [0.15, 0.2) is 59.4 Å². The van der Waals surface area contributed by atoms with Crippen molar-refractivity contribution in [3.05, 3.63) is 64.4 Å². The van der Waals surface area contributed by atoms with E-state index in [2.05, 4.69) is 26.7 Å². The maximum absolute atomic E-state index is 8.91. The summed E-state index contributed by atoms with van der Waals surface area (Å²) in [5, 5.41) is 17.4. The second-order valence-corrected chi connectivity index (χ2v) is 7.49. The maximum atomic E-state index is 8.91. The highest BCUT2D eigenvalue weighted by molar-refractivity contribution is 6.43. The van der Waals surface area contributed by atoms with Gasteiger partial charge >= 0.3 is 0 Å². The molecule has 0 aliphatic carbocycles. The van der Waals surface area contributed by atoms with Crippen LogP contribution in [-0.4, -0.2) is 29.3 Å². The lowest BCUT2D eigenvalue weighted by Gasteiger charge is -2.14. The highest BCUT2D eigenvalue weighted by Crippen LogP contribution is 2.33. The van der Waals surface area contributed by atoms with E-state index in [1.165, 1.54) is 0 Å². The zero-order valence-electron chi connectivity index (χ0n) is 15.9. The van der Waals surface area contributed by atoms with E-state index in [0.717, 1.165) is 22.5 Å². The predicted molar refractivity (Wildman–Crippen MR) is 122 cm³/mol. The molecule has 1 aliphatic heterocycles. The number of hydrogen-bond acceptors (Lipinski definition) is 6. The summed E-state index contributed by atoms with van der Waals surface area (Å²) in [6.45, 7) is 1.27. The van der Waals surface area contributed by atoms with Crippen LogP contribution in [0.2, 0.25) is 10.0 Å². The summed E-state index contributed by atoms with van der Waals surface area (Å²) in [5.41, 5.74) is 1.50. The molecule has 0 spiro atoms. The minimum absolute atomic E-state index is 0.141. The molecule has 0 radical (unpaired) electrons. The first-order valence-electron chi connectivity index (χ1n) is 9.48. The van der Waals surface area contributed by atoms with Crippen molar-refractivity contribution in [2.45, 2.75) is 6.42 Å². The van der Waals surface area contributed by atoms with Gasteiger partial charge in [0.1, 0.15) is 11.6 Å². The molecule has 2 heterocycles. The number of hydrogen-bond donors (Lipinski definition) is 2. The van der Waals surface area contributed by atoms with Crippen molar-refractivity contribution in [2.75, 3.05) is 18.4 Å². The van der Waals surface area contributed by atoms with Gasteiger partial charge in [0.15, 0.2) is 5.82 Å². The van der Waals surface area contributed by atoms with Gasteiger partial charge in [-0.25, -0.2) is 15.0 Å². The van der Waals surface area contributed by atoms with E-state index in [4.69, 9.17) is 33.4 Å². The number of aliphatic imine (C=N–C) groups is 1. The zero-order chi connectivity index (χ0) is 20.9. The monoisotopic (exact) mass is 436 g/mol. The molecule has 150 valence electrons. The average molecular weight is 437 g/mol. The van der Waals surface area contributed by atoms with E-state index in [9.17, 15) is 0 Å². The Morgan fingerprint density at radius 3 is 2.67 bits per heavy atom. The van der Waals surface area contributed by atoms with Gasteiger partial charge in [-0.1, -0.05) is 41.4 Å². The van der Waals surface area contributed by atoms with Crippen molar-refractivity contribution >= 4 is 46.1 Å². The lowest BCUT2D eigenvalue weighted by Crippen LogP contribution is -2.23. The summed E-state index contributed by atoms with van der Waals surface area (Å²) in [6.07, 6.45) is 4.29. The molecule has 0 saturated heterocycles. The number of fused-ring (bicyclic) bond motifs is 1. The molecule has 2 N–H and O–H groups in total. The molecule has 0 bridgehead atoms. The molecular formula is C22H18Cl2N6. The van der Waals surface area contributed by atoms with Gasteiger partial charge in [-0.3, -0.25) is 0 Å². The number of halogens is 2. The SMILES string of the molecule is N#CC1C=NC(NCCNc2nc(-c3cccc(Cl)c3Cl)nc3ccccc23)=CC1. The van der Waals surface area contributed by atoms with Gasteiger partial charge in [0.25, 0.3) is 0 Å². The van der Waals surface area contributed by atoms with Crippen molar-refractivity contribution in [3.63, 3.8) is 0 Å². The third-order valence-electron chi connectivity index (χ3n) is 4.64. The van der Waals surface area contributed by atoms with Crippen LogP contribution in [0.3, 0.4) is 0 Å². The minimum Gasteiger partial charge on any atom is -0.369 e. The van der Waals surface area contributed by atoms with E-state index in [1.54, 1.807) is 12.3 Å². The van der Waals surface area contributed by atoms with Gasteiger partial charge in [-0.05, 0) is 36.8 Å². The number of aromatic nitrogens is 2. The predicted octanol–water partition coefficient (Wildman–Crippen LogP) is 5.06. The van der Waals surface area contributed by atoms with Gasteiger partial charge in [0.05, 0.1) is 27.5 Å². The van der Waals surface area contributed by atoms with Crippen molar-refractivity contribution in [3.8, 4) is 17.5 Å². The standard InChI is InChI=1S/C22H18Cl2N6/c23-17-6-3-5-16(20(17)24)22-29-18-7-2-1-4-15(18)21(30-22)27-11-10-26-19-9-8-14(12-25)13-28-19/h1-7,9,13-14,26H,8,10-11H2,(H,27,29,30).